The SMILES string of the molecule is CC/C(=C(/c1ccc(OCCN)cc1)c1ccc(OCc2ccccc2)cc1Cl)c1ccccc1. The maximum Gasteiger partial charge on any atom is 0.121 e. The number of rotatable bonds is 10. The quantitative estimate of drug-likeness (QED) is 0.236. The van der Waals surface area contributed by atoms with E-state index in [9.17, 15) is 0 Å². The maximum atomic E-state index is 6.89. The molecule has 4 heteroatoms. The Hall–Kier alpha value is -3.53. The Balaban J connectivity index is 1.73. The monoisotopic (exact) mass is 483 g/mol. The third-order valence-corrected chi connectivity index (χ3v) is 6.08. The van der Waals surface area contributed by atoms with Gasteiger partial charge in [0.1, 0.15) is 24.7 Å². The summed E-state index contributed by atoms with van der Waals surface area (Å²) >= 11 is 6.89. The van der Waals surface area contributed by atoms with Crippen LogP contribution in [0.3, 0.4) is 0 Å². The summed E-state index contributed by atoms with van der Waals surface area (Å²) in [5.41, 5.74) is 12.2. The summed E-state index contributed by atoms with van der Waals surface area (Å²) in [7, 11) is 0. The molecule has 4 aromatic rings. The van der Waals surface area contributed by atoms with Crippen molar-refractivity contribution in [2.24, 2.45) is 5.73 Å². The smallest absolute Gasteiger partial charge is 0.121 e. The average molecular weight is 484 g/mol. The minimum atomic E-state index is 0.481. The van der Waals surface area contributed by atoms with E-state index in [2.05, 4.69) is 49.4 Å². The van der Waals surface area contributed by atoms with Gasteiger partial charge in [0.25, 0.3) is 0 Å². The fourth-order valence-electron chi connectivity index (χ4n) is 4.08. The predicted molar refractivity (Wildman–Crippen MR) is 146 cm³/mol. The molecule has 0 aromatic heterocycles. The van der Waals surface area contributed by atoms with Crippen LogP contribution in [0.2, 0.25) is 5.02 Å². The molecule has 2 N–H and O–H groups in total. The largest absolute Gasteiger partial charge is 0.492 e. The van der Waals surface area contributed by atoms with E-state index in [0.29, 0.717) is 24.8 Å². The van der Waals surface area contributed by atoms with Crippen molar-refractivity contribution in [1.82, 2.24) is 0 Å². The molecule has 35 heavy (non-hydrogen) atoms. The molecule has 0 bridgehead atoms. The number of ether oxygens (including phenoxy) is 2. The second-order valence-corrected chi connectivity index (χ2v) is 8.56. The average Bonchev–Trinajstić information content (AvgIpc) is 2.91. The van der Waals surface area contributed by atoms with Crippen LogP contribution in [0.1, 0.15) is 35.6 Å². The molecule has 0 saturated heterocycles. The first kappa shape index (κ1) is 24.6. The van der Waals surface area contributed by atoms with Gasteiger partial charge in [-0.05, 0) is 64.6 Å². The number of hydrogen-bond acceptors (Lipinski definition) is 3. The minimum Gasteiger partial charge on any atom is -0.492 e. The van der Waals surface area contributed by atoms with E-state index in [1.165, 1.54) is 11.1 Å². The van der Waals surface area contributed by atoms with Crippen molar-refractivity contribution in [3.05, 3.63) is 130 Å². The van der Waals surface area contributed by atoms with Gasteiger partial charge in [-0.25, -0.2) is 0 Å². The summed E-state index contributed by atoms with van der Waals surface area (Å²) in [5.74, 6) is 1.54. The van der Waals surface area contributed by atoms with Gasteiger partial charge in [-0.3, -0.25) is 0 Å². The van der Waals surface area contributed by atoms with Gasteiger partial charge >= 0.3 is 0 Å². The molecular weight excluding hydrogens is 454 g/mol. The molecular formula is C31H30ClNO2. The topological polar surface area (TPSA) is 44.5 Å². The number of hydrogen-bond donors (Lipinski definition) is 1. The fourth-order valence-corrected chi connectivity index (χ4v) is 4.35. The van der Waals surface area contributed by atoms with Crippen LogP contribution < -0.4 is 15.2 Å². The van der Waals surface area contributed by atoms with Gasteiger partial charge < -0.3 is 15.2 Å². The lowest BCUT2D eigenvalue weighted by Gasteiger charge is -2.18. The summed E-state index contributed by atoms with van der Waals surface area (Å²) in [6.45, 7) is 3.64. The van der Waals surface area contributed by atoms with Gasteiger partial charge in [-0.1, -0.05) is 91.3 Å². The zero-order valence-corrected chi connectivity index (χ0v) is 20.7. The van der Waals surface area contributed by atoms with Gasteiger partial charge in [-0.2, -0.15) is 0 Å². The standard InChI is InChI=1S/C31H30ClNO2/c1-2-28(24-11-7-4-8-12-24)31(25-13-15-26(16-14-25)34-20-19-33)29-18-17-27(21-30(29)32)35-22-23-9-5-3-6-10-23/h3-18,21H,2,19-20,22,33H2,1H3/b31-28+. The molecule has 3 nitrogen and oxygen atoms in total. The van der Waals surface area contributed by atoms with Crippen LogP contribution >= 0.6 is 11.6 Å². The zero-order valence-electron chi connectivity index (χ0n) is 19.9. The van der Waals surface area contributed by atoms with E-state index >= 15 is 0 Å². The van der Waals surface area contributed by atoms with E-state index in [-0.39, 0.29) is 0 Å². The molecule has 0 aliphatic carbocycles. The van der Waals surface area contributed by atoms with Gasteiger partial charge in [0.15, 0.2) is 0 Å². The summed E-state index contributed by atoms with van der Waals surface area (Å²) in [6, 6.07) is 34.6. The van der Waals surface area contributed by atoms with E-state index in [1.54, 1.807) is 0 Å². The Labute approximate surface area is 212 Å². The van der Waals surface area contributed by atoms with Crippen molar-refractivity contribution in [1.29, 1.82) is 0 Å². The van der Waals surface area contributed by atoms with E-state index < -0.39 is 0 Å². The number of nitrogens with two attached hydrogens (primary N) is 1. The molecule has 4 aromatic carbocycles. The minimum absolute atomic E-state index is 0.481. The molecule has 0 heterocycles. The highest BCUT2D eigenvalue weighted by molar-refractivity contribution is 6.33. The van der Waals surface area contributed by atoms with Crippen LogP contribution in [-0.4, -0.2) is 13.2 Å². The molecule has 0 saturated carbocycles. The third kappa shape index (κ3) is 6.33. The molecule has 0 spiro atoms. The summed E-state index contributed by atoms with van der Waals surface area (Å²) < 4.78 is 11.7. The van der Waals surface area contributed by atoms with E-state index in [1.807, 2.05) is 60.7 Å². The molecule has 4 rings (SSSR count). The summed E-state index contributed by atoms with van der Waals surface area (Å²) in [6.07, 6.45) is 0.855. The molecule has 178 valence electrons. The number of allylic oxidation sites excluding steroid dienone is 1. The molecule has 0 aliphatic rings. The number of halogens is 1. The predicted octanol–water partition coefficient (Wildman–Crippen LogP) is 7.63. The van der Waals surface area contributed by atoms with Crippen LogP contribution in [0.25, 0.3) is 11.1 Å². The molecule has 0 amide bonds. The van der Waals surface area contributed by atoms with Crippen LogP contribution in [0, 0.1) is 0 Å². The Bertz CT molecular complexity index is 1250. The Morgan fingerprint density at radius 1 is 0.743 bits per heavy atom. The highest BCUT2D eigenvalue weighted by Crippen LogP contribution is 2.39. The first-order valence-electron chi connectivity index (χ1n) is 11.9. The normalized spacial score (nSPS) is 11.6. The van der Waals surface area contributed by atoms with Crippen LogP contribution in [0.4, 0.5) is 0 Å². The fraction of sp³-hybridized carbons (Fsp3) is 0.161. The first-order chi connectivity index (χ1) is 17.2. The third-order valence-electron chi connectivity index (χ3n) is 5.77. The summed E-state index contributed by atoms with van der Waals surface area (Å²) in [4.78, 5) is 0. The molecule has 0 atom stereocenters. The van der Waals surface area contributed by atoms with Crippen molar-refractivity contribution in [3.8, 4) is 11.5 Å². The second kappa shape index (κ2) is 12.3. The van der Waals surface area contributed by atoms with Gasteiger partial charge in [0.2, 0.25) is 0 Å². The lowest BCUT2D eigenvalue weighted by Crippen LogP contribution is -2.10. The Morgan fingerprint density at radius 3 is 2.03 bits per heavy atom. The second-order valence-electron chi connectivity index (χ2n) is 8.15. The van der Waals surface area contributed by atoms with Gasteiger partial charge in [0.05, 0.1) is 5.02 Å². The van der Waals surface area contributed by atoms with Gasteiger partial charge in [0, 0.05) is 12.1 Å². The van der Waals surface area contributed by atoms with Crippen LogP contribution in [0.5, 0.6) is 11.5 Å². The van der Waals surface area contributed by atoms with Crippen molar-refractivity contribution < 1.29 is 9.47 Å². The van der Waals surface area contributed by atoms with Crippen molar-refractivity contribution in [3.63, 3.8) is 0 Å². The highest BCUT2D eigenvalue weighted by Gasteiger charge is 2.16. The van der Waals surface area contributed by atoms with Crippen molar-refractivity contribution in [2.45, 2.75) is 20.0 Å². The van der Waals surface area contributed by atoms with Gasteiger partial charge in [-0.15, -0.1) is 0 Å². The van der Waals surface area contributed by atoms with E-state index in [0.717, 1.165) is 40.2 Å². The molecule has 0 radical (unpaired) electrons. The van der Waals surface area contributed by atoms with E-state index in [4.69, 9.17) is 26.8 Å². The summed E-state index contributed by atoms with van der Waals surface area (Å²) in [5, 5.41) is 0.649. The lowest BCUT2D eigenvalue weighted by atomic mass is 9.88. The maximum absolute atomic E-state index is 6.89. The van der Waals surface area contributed by atoms with Crippen LogP contribution in [-0.2, 0) is 6.61 Å². The lowest BCUT2D eigenvalue weighted by molar-refractivity contribution is 0.306. The number of benzene rings is 4. The zero-order chi connectivity index (χ0) is 24.5. The molecule has 0 fully saturated rings. The Morgan fingerprint density at radius 2 is 1.40 bits per heavy atom. The Kier molecular flexibility index (Phi) is 8.61. The molecule has 0 aliphatic heterocycles. The molecule has 0 unspecified atom stereocenters. The van der Waals surface area contributed by atoms with Crippen LogP contribution in [0.15, 0.2) is 103 Å². The highest BCUT2D eigenvalue weighted by atomic mass is 35.5. The van der Waals surface area contributed by atoms with Crippen molar-refractivity contribution in [2.75, 3.05) is 13.2 Å². The van der Waals surface area contributed by atoms with Crippen molar-refractivity contribution >= 4 is 22.7 Å². The first-order valence-corrected chi connectivity index (χ1v) is 12.3.